The standard InChI is InChI=1S/C12H13ClN2S2/c13-12-2-1-11(17-12)9-15-7-8-16-10-3-5-14-6-4-10/h1-6,15H,7-9H2. The lowest BCUT2D eigenvalue weighted by atomic mass is 10.4. The van der Waals surface area contributed by atoms with Gasteiger partial charge in [-0.05, 0) is 24.3 Å². The third-order valence-electron chi connectivity index (χ3n) is 2.13. The summed E-state index contributed by atoms with van der Waals surface area (Å²) in [5.41, 5.74) is 0. The Kier molecular flexibility index (Phi) is 5.32. The van der Waals surface area contributed by atoms with Crippen LogP contribution in [0.2, 0.25) is 4.34 Å². The molecular weight excluding hydrogens is 272 g/mol. The lowest BCUT2D eigenvalue weighted by Crippen LogP contribution is -2.15. The first-order chi connectivity index (χ1) is 8.34. The van der Waals surface area contributed by atoms with Crippen LogP contribution in [0.3, 0.4) is 0 Å². The molecule has 2 rings (SSSR count). The Hall–Kier alpha value is -0.550. The fourth-order valence-electron chi connectivity index (χ4n) is 1.33. The number of aromatic nitrogens is 1. The Labute approximate surface area is 114 Å². The van der Waals surface area contributed by atoms with Gasteiger partial charge in [-0.15, -0.1) is 23.1 Å². The van der Waals surface area contributed by atoms with Crippen LogP contribution in [0.15, 0.2) is 41.6 Å². The Morgan fingerprint density at radius 3 is 2.76 bits per heavy atom. The molecule has 0 aliphatic heterocycles. The van der Waals surface area contributed by atoms with Crippen molar-refractivity contribution in [3.05, 3.63) is 45.9 Å². The zero-order chi connectivity index (χ0) is 11.9. The molecule has 2 heterocycles. The molecule has 0 saturated carbocycles. The molecule has 2 aromatic heterocycles. The number of pyridine rings is 1. The summed E-state index contributed by atoms with van der Waals surface area (Å²) in [6.45, 7) is 1.89. The maximum Gasteiger partial charge on any atom is 0.0931 e. The van der Waals surface area contributed by atoms with E-state index in [0.717, 1.165) is 23.2 Å². The third-order valence-corrected chi connectivity index (χ3v) is 4.37. The molecule has 0 aliphatic carbocycles. The van der Waals surface area contributed by atoms with Crippen LogP contribution in [0.1, 0.15) is 4.88 Å². The molecule has 0 atom stereocenters. The Morgan fingerprint density at radius 1 is 1.24 bits per heavy atom. The van der Waals surface area contributed by atoms with Gasteiger partial charge in [-0.2, -0.15) is 0 Å². The molecule has 0 aliphatic rings. The lowest BCUT2D eigenvalue weighted by Gasteiger charge is -2.03. The van der Waals surface area contributed by atoms with Crippen molar-refractivity contribution >= 4 is 34.7 Å². The average Bonchev–Trinajstić information content (AvgIpc) is 2.76. The molecule has 5 heteroatoms. The predicted octanol–water partition coefficient (Wildman–Crippen LogP) is 3.68. The van der Waals surface area contributed by atoms with Crippen LogP contribution in [0.4, 0.5) is 0 Å². The molecule has 0 spiro atoms. The third kappa shape index (κ3) is 4.68. The van der Waals surface area contributed by atoms with E-state index in [4.69, 9.17) is 11.6 Å². The molecule has 0 amide bonds. The lowest BCUT2D eigenvalue weighted by molar-refractivity contribution is 0.741. The maximum atomic E-state index is 5.86. The minimum absolute atomic E-state index is 0.855. The highest BCUT2D eigenvalue weighted by molar-refractivity contribution is 7.99. The van der Waals surface area contributed by atoms with E-state index in [0.29, 0.717) is 0 Å². The molecule has 90 valence electrons. The summed E-state index contributed by atoms with van der Waals surface area (Å²) in [4.78, 5) is 6.54. The summed E-state index contributed by atoms with van der Waals surface area (Å²) in [5, 5.41) is 3.40. The molecule has 2 aromatic rings. The van der Waals surface area contributed by atoms with Gasteiger partial charge in [0.1, 0.15) is 0 Å². The molecule has 1 N–H and O–H groups in total. The van der Waals surface area contributed by atoms with E-state index >= 15 is 0 Å². The number of nitrogens with zero attached hydrogens (tertiary/aromatic N) is 1. The van der Waals surface area contributed by atoms with Crippen molar-refractivity contribution in [2.24, 2.45) is 0 Å². The van der Waals surface area contributed by atoms with E-state index in [1.165, 1.54) is 9.77 Å². The van der Waals surface area contributed by atoms with Crippen molar-refractivity contribution in [1.29, 1.82) is 0 Å². The molecule has 0 unspecified atom stereocenters. The fraction of sp³-hybridized carbons (Fsp3) is 0.250. The summed E-state index contributed by atoms with van der Waals surface area (Å²) in [6.07, 6.45) is 3.65. The Balaban J connectivity index is 1.61. The van der Waals surface area contributed by atoms with Gasteiger partial charge in [0.25, 0.3) is 0 Å². The van der Waals surface area contributed by atoms with Gasteiger partial charge in [-0.3, -0.25) is 4.98 Å². The van der Waals surface area contributed by atoms with Gasteiger partial charge in [0.15, 0.2) is 0 Å². The van der Waals surface area contributed by atoms with Crippen molar-refractivity contribution in [3.8, 4) is 0 Å². The predicted molar refractivity (Wildman–Crippen MR) is 76.0 cm³/mol. The first-order valence-electron chi connectivity index (χ1n) is 5.32. The second-order valence-electron chi connectivity index (χ2n) is 3.41. The number of hydrogen-bond acceptors (Lipinski definition) is 4. The zero-order valence-corrected chi connectivity index (χ0v) is 11.6. The Bertz CT molecular complexity index is 445. The van der Waals surface area contributed by atoms with Gasteiger partial charge < -0.3 is 5.32 Å². The number of nitrogens with one attached hydrogen (secondary N) is 1. The first-order valence-corrected chi connectivity index (χ1v) is 7.50. The van der Waals surface area contributed by atoms with Crippen molar-refractivity contribution in [3.63, 3.8) is 0 Å². The highest BCUT2D eigenvalue weighted by atomic mass is 35.5. The summed E-state index contributed by atoms with van der Waals surface area (Å²) >= 11 is 9.33. The average molecular weight is 285 g/mol. The van der Waals surface area contributed by atoms with Crippen LogP contribution in [0.5, 0.6) is 0 Å². The maximum absolute atomic E-state index is 5.86. The first kappa shape index (κ1) is 12.9. The Morgan fingerprint density at radius 2 is 2.06 bits per heavy atom. The van der Waals surface area contributed by atoms with Crippen LogP contribution >= 0.6 is 34.7 Å². The van der Waals surface area contributed by atoms with Gasteiger partial charge in [0.05, 0.1) is 4.34 Å². The van der Waals surface area contributed by atoms with Crippen LogP contribution in [-0.2, 0) is 6.54 Å². The number of hydrogen-bond donors (Lipinski definition) is 1. The van der Waals surface area contributed by atoms with Crippen LogP contribution in [0, 0.1) is 0 Å². The summed E-state index contributed by atoms with van der Waals surface area (Å²) in [5.74, 6) is 1.06. The van der Waals surface area contributed by atoms with Crippen molar-refractivity contribution in [1.82, 2.24) is 10.3 Å². The van der Waals surface area contributed by atoms with E-state index in [-0.39, 0.29) is 0 Å². The van der Waals surface area contributed by atoms with E-state index in [1.807, 2.05) is 42.4 Å². The van der Waals surface area contributed by atoms with E-state index in [2.05, 4.69) is 16.4 Å². The van der Waals surface area contributed by atoms with Crippen molar-refractivity contribution in [2.45, 2.75) is 11.4 Å². The second-order valence-corrected chi connectivity index (χ2v) is 6.38. The van der Waals surface area contributed by atoms with E-state index < -0.39 is 0 Å². The number of rotatable bonds is 6. The van der Waals surface area contributed by atoms with Gasteiger partial charge in [-0.1, -0.05) is 11.6 Å². The second kappa shape index (κ2) is 7.01. The molecule has 17 heavy (non-hydrogen) atoms. The SMILES string of the molecule is Clc1ccc(CNCCSc2ccncc2)s1. The van der Waals surface area contributed by atoms with Crippen LogP contribution in [-0.4, -0.2) is 17.3 Å². The minimum Gasteiger partial charge on any atom is -0.311 e. The van der Waals surface area contributed by atoms with Gasteiger partial charge in [0, 0.05) is 41.0 Å². The van der Waals surface area contributed by atoms with E-state index in [9.17, 15) is 0 Å². The smallest absolute Gasteiger partial charge is 0.0931 e. The van der Waals surface area contributed by atoms with Crippen LogP contribution < -0.4 is 5.32 Å². The number of halogens is 1. The highest BCUT2D eigenvalue weighted by Crippen LogP contribution is 2.21. The van der Waals surface area contributed by atoms with E-state index in [1.54, 1.807) is 11.3 Å². The van der Waals surface area contributed by atoms with Crippen LogP contribution in [0.25, 0.3) is 0 Å². The quantitative estimate of drug-likeness (QED) is 0.647. The molecular formula is C12H13ClN2S2. The number of thiophene rings is 1. The molecule has 0 bridgehead atoms. The highest BCUT2D eigenvalue weighted by Gasteiger charge is 1.97. The van der Waals surface area contributed by atoms with Crippen molar-refractivity contribution < 1.29 is 0 Å². The molecule has 0 aromatic carbocycles. The summed E-state index contributed by atoms with van der Waals surface area (Å²) in [7, 11) is 0. The molecule has 0 radical (unpaired) electrons. The fourth-order valence-corrected chi connectivity index (χ4v) is 3.19. The largest absolute Gasteiger partial charge is 0.311 e. The molecule has 0 saturated heterocycles. The molecule has 0 fully saturated rings. The van der Waals surface area contributed by atoms with Gasteiger partial charge in [0.2, 0.25) is 0 Å². The molecule has 2 nitrogen and oxygen atoms in total. The van der Waals surface area contributed by atoms with Gasteiger partial charge in [-0.25, -0.2) is 0 Å². The van der Waals surface area contributed by atoms with Gasteiger partial charge >= 0.3 is 0 Å². The zero-order valence-electron chi connectivity index (χ0n) is 9.23. The topological polar surface area (TPSA) is 24.9 Å². The number of thioether (sulfide) groups is 1. The normalized spacial score (nSPS) is 10.6. The summed E-state index contributed by atoms with van der Waals surface area (Å²) < 4.78 is 0.855. The minimum atomic E-state index is 0.855. The summed E-state index contributed by atoms with van der Waals surface area (Å²) in [6, 6.07) is 8.07. The monoisotopic (exact) mass is 284 g/mol. The van der Waals surface area contributed by atoms with Crippen molar-refractivity contribution in [2.75, 3.05) is 12.3 Å².